The first-order valence-electron chi connectivity index (χ1n) is 13.0. The van der Waals surface area contributed by atoms with Crippen molar-refractivity contribution in [3.05, 3.63) is 88.5 Å². The Morgan fingerprint density at radius 3 is 2.40 bits per heavy atom. The van der Waals surface area contributed by atoms with Crippen LogP contribution in [0.5, 0.6) is 5.75 Å². The monoisotopic (exact) mass is 470 g/mol. The largest absolute Gasteiger partial charge is 0.489 e. The van der Waals surface area contributed by atoms with Gasteiger partial charge in [-0.05, 0) is 103 Å². The maximum Gasteiger partial charge on any atom is 0.150 e. The van der Waals surface area contributed by atoms with Gasteiger partial charge in [0.25, 0.3) is 0 Å². The number of hydrogen-bond donors (Lipinski definition) is 1. The Morgan fingerprint density at radius 1 is 0.971 bits per heavy atom. The van der Waals surface area contributed by atoms with Crippen LogP contribution in [-0.4, -0.2) is 17.0 Å². The molecule has 0 bridgehead atoms. The number of benzene rings is 3. The number of aliphatic hydroxyl groups is 1. The summed E-state index contributed by atoms with van der Waals surface area (Å²) in [5.74, 6) is 1.19. The number of carbonyl (C=O) groups is 1. The smallest absolute Gasteiger partial charge is 0.150 e. The lowest BCUT2D eigenvalue weighted by atomic mass is 9.79. The highest BCUT2D eigenvalue weighted by molar-refractivity contribution is 5.75. The van der Waals surface area contributed by atoms with E-state index in [0.717, 1.165) is 56.1 Å². The first-order valence-corrected chi connectivity index (χ1v) is 13.0. The number of ether oxygens (including phenoxy) is 1. The van der Waals surface area contributed by atoms with Crippen LogP contribution in [0.3, 0.4) is 0 Å². The maximum atomic E-state index is 10.9. The Balaban J connectivity index is 1.45. The van der Waals surface area contributed by atoms with Crippen LogP contribution in [0, 0.1) is 13.8 Å². The zero-order valence-corrected chi connectivity index (χ0v) is 21.3. The fourth-order valence-electron chi connectivity index (χ4n) is 5.34. The van der Waals surface area contributed by atoms with Gasteiger partial charge in [0, 0.05) is 5.56 Å². The van der Waals surface area contributed by atoms with Gasteiger partial charge in [0.05, 0.1) is 5.60 Å². The third kappa shape index (κ3) is 6.21. The van der Waals surface area contributed by atoms with Crippen molar-refractivity contribution in [1.29, 1.82) is 0 Å². The zero-order valence-electron chi connectivity index (χ0n) is 21.3. The van der Waals surface area contributed by atoms with Crippen molar-refractivity contribution in [3.63, 3.8) is 0 Å². The molecule has 0 aromatic heterocycles. The molecule has 3 aromatic carbocycles. The van der Waals surface area contributed by atoms with Crippen LogP contribution in [0.15, 0.2) is 60.7 Å². The average Bonchev–Trinajstić information content (AvgIpc) is 2.88. The number of aldehydes is 1. The van der Waals surface area contributed by atoms with Gasteiger partial charge >= 0.3 is 0 Å². The van der Waals surface area contributed by atoms with Crippen LogP contribution >= 0.6 is 0 Å². The van der Waals surface area contributed by atoms with E-state index >= 15 is 0 Å². The topological polar surface area (TPSA) is 46.5 Å². The molecule has 1 N–H and O–H groups in total. The lowest BCUT2D eigenvalue weighted by molar-refractivity contribution is -0.00658. The van der Waals surface area contributed by atoms with Gasteiger partial charge in [-0.3, -0.25) is 4.79 Å². The van der Waals surface area contributed by atoms with Crippen LogP contribution in [0.25, 0.3) is 11.1 Å². The van der Waals surface area contributed by atoms with E-state index in [1.165, 1.54) is 34.2 Å². The lowest BCUT2D eigenvalue weighted by Gasteiger charge is -2.33. The molecular formula is C32H38O3. The predicted molar refractivity (Wildman–Crippen MR) is 143 cm³/mol. The van der Waals surface area contributed by atoms with E-state index in [1.54, 1.807) is 12.1 Å². The SMILES string of the molecule is Cc1cc(C(C)CCC2(O)CCCCC2)ccc1-c1cccc(COc2ccc(C=O)cc2)c1C. The summed E-state index contributed by atoms with van der Waals surface area (Å²) in [4.78, 5) is 10.9. The van der Waals surface area contributed by atoms with E-state index in [0.29, 0.717) is 18.1 Å². The Hall–Kier alpha value is -2.91. The molecule has 184 valence electrons. The third-order valence-electron chi connectivity index (χ3n) is 7.79. The molecule has 3 aromatic rings. The van der Waals surface area contributed by atoms with Gasteiger partial charge in [0.2, 0.25) is 0 Å². The number of rotatable bonds is 9. The second-order valence-electron chi connectivity index (χ2n) is 10.4. The van der Waals surface area contributed by atoms with Crippen molar-refractivity contribution in [2.75, 3.05) is 0 Å². The summed E-state index contributed by atoms with van der Waals surface area (Å²) in [5.41, 5.74) is 7.68. The fraction of sp³-hybridized carbons (Fsp3) is 0.406. The van der Waals surface area contributed by atoms with Crippen LogP contribution in [0.1, 0.15) is 90.4 Å². The first-order chi connectivity index (χ1) is 16.9. The fourth-order valence-corrected chi connectivity index (χ4v) is 5.34. The molecule has 1 unspecified atom stereocenters. The number of carbonyl (C=O) groups excluding carboxylic acids is 1. The van der Waals surface area contributed by atoms with Gasteiger partial charge in [-0.1, -0.05) is 62.6 Å². The molecule has 3 nitrogen and oxygen atoms in total. The summed E-state index contributed by atoms with van der Waals surface area (Å²) in [6.07, 6.45) is 8.26. The van der Waals surface area contributed by atoms with Crippen LogP contribution in [-0.2, 0) is 6.61 Å². The van der Waals surface area contributed by atoms with Crippen LogP contribution < -0.4 is 4.74 Å². The van der Waals surface area contributed by atoms with E-state index in [9.17, 15) is 9.90 Å². The quantitative estimate of drug-likeness (QED) is 0.323. The van der Waals surface area contributed by atoms with E-state index in [-0.39, 0.29) is 0 Å². The molecule has 1 aliphatic carbocycles. The zero-order chi connectivity index (χ0) is 24.8. The van der Waals surface area contributed by atoms with Crippen molar-refractivity contribution in [2.45, 2.75) is 83.8 Å². The average molecular weight is 471 g/mol. The van der Waals surface area contributed by atoms with E-state index in [4.69, 9.17) is 4.74 Å². The molecule has 1 fully saturated rings. The van der Waals surface area contributed by atoms with Crippen molar-refractivity contribution >= 4 is 6.29 Å². The Bertz CT molecular complexity index is 1140. The van der Waals surface area contributed by atoms with E-state index in [2.05, 4.69) is 57.2 Å². The highest BCUT2D eigenvalue weighted by Gasteiger charge is 2.29. The molecule has 0 spiro atoms. The molecule has 1 saturated carbocycles. The maximum absolute atomic E-state index is 10.9. The highest BCUT2D eigenvalue weighted by Crippen LogP contribution is 2.36. The molecular weight excluding hydrogens is 432 g/mol. The molecule has 3 heteroatoms. The van der Waals surface area contributed by atoms with Crippen molar-refractivity contribution in [1.82, 2.24) is 0 Å². The molecule has 0 radical (unpaired) electrons. The summed E-state index contributed by atoms with van der Waals surface area (Å²) >= 11 is 0. The molecule has 0 amide bonds. The summed E-state index contributed by atoms with van der Waals surface area (Å²) in [6.45, 7) is 7.12. The van der Waals surface area contributed by atoms with Gasteiger partial charge in [-0.2, -0.15) is 0 Å². The Labute approximate surface area is 210 Å². The summed E-state index contributed by atoms with van der Waals surface area (Å²) < 4.78 is 5.99. The first kappa shape index (κ1) is 25.2. The van der Waals surface area contributed by atoms with Crippen molar-refractivity contribution in [2.24, 2.45) is 0 Å². The van der Waals surface area contributed by atoms with Gasteiger partial charge in [-0.15, -0.1) is 0 Å². The van der Waals surface area contributed by atoms with Crippen molar-refractivity contribution in [3.8, 4) is 16.9 Å². The molecule has 4 rings (SSSR count). The van der Waals surface area contributed by atoms with Gasteiger partial charge < -0.3 is 9.84 Å². The molecule has 0 saturated heterocycles. The Kier molecular flexibility index (Phi) is 8.07. The minimum absolute atomic E-state index is 0.431. The molecule has 1 atom stereocenters. The van der Waals surface area contributed by atoms with Gasteiger partial charge in [-0.25, -0.2) is 0 Å². The molecule has 1 aliphatic rings. The molecule has 35 heavy (non-hydrogen) atoms. The minimum atomic E-state index is -0.447. The van der Waals surface area contributed by atoms with E-state index in [1.807, 2.05) is 12.1 Å². The number of aryl methyl sites for hydroxylation is 1. The van der Waals surface area contributed by atoms with Gasteiger partial charge in [0.1, 0.15) is 18.6 Å². The summed E-state index contributed by atoms with van der Waals surface area (Å²) in [5, 5.41) is 10.9. The van der Waals surface area contributed by atoms with Crippen LogP contribution in [0.4, 0.5) is 0 Å². The van der Waals surface area contributed by atoms with Gasteiger partial charge in [0.15, 0.2) is 0 Å². The summed E-state index contributed by atoms with van der Waals surface area (Å²) in [6, 6.07) is 20.4. The highest BCUT2D eigenvalue weighted by atomic mass is 16.5. The third-order valence-corrected chi connectivity index (χ3v) is 7.79. The second kappa shape index (κ2) is 11.2. The minimum Gasteiger partial charge on any atom is -0.489 e. The normalized spacial score (nSPS) is 16.0. The molecule has 0 heterocycles. The Morgan fingerprint density at radius 2 is 1.71 bits per heavy atom. The van der Waals surface area contributed by atoms with E-state index < -0.39 is 5.60 Å². The second-order valence-corrected chi connectivity index (χ2v) is 10.4. The number of hydrogen-bond acceptors (Lipinski definition) is 3. The predicted octanol–water partition coefficient (Wildman–Crippen LogP) is 7.94. The lowest BCUT2D eigenvalue weighted by Crippen LogP contribution is -2.31. The molecule has 0 aliphatic heterocycles. The van der Waals surface area contributed by atoms with Crippen LogP contribution in [0.2, 0.25) is 0 Å². The standard InChI is InChI=1S/C32H38O3/c1-23(16-19-32(34)17-5-4-6-18-32)27-12-15-30(24(2)20-27)31-9-7-8-28(25(31)3)22-35-29-13-10-26(21-33)11-14-29/h7-15,20-21,23,34H,4-6,16-19,22H2,1-3H3. The van der Waals surface area contributed by atoms with Crippen molar-refractivity contribution < 1.29 is 14.6 Å². The summed E-state index contributed by atoms with van der Waals surface area (Å²) in [7, 11) is 0.